The summed E-state index contributed by atoms with van der Waals surface area (Å²) >= 11 is 0. The third-order valence-corrected chi connectivity index (χ3v) is 7.02. The van der Waals surface area contributed by atoms with E-state index >= 15 is 0 Å². The Morgan fingerprint density at radius 2 is 1.17 bits per heavy atom. The Labute approximate surface area is 214 Å². The van der Waals surface area contributed by atoms with E-state index in [1.54, 1.807) is 0 Å². The highest BCUT2D eigenvalue weighted by atomic mass is 15.1. The van der Waals surface area contributed by atoms with E-state index in [0.717, 1.165) is 29.1 Å². The van der Waals surface area contributed by atoms with Crippen LogP contribution in [0, 0.1) is 6.92 Å². The molecule has 0 saturated heterocycles. The molecule has 36 heavy (non-hydrogen) atoms. The van der Waals surface area contributed by atoms with Crippen LogP contribution in [0.3, 0.4) is 0 Å². The van der Waals surface area contributed by atoms with Crippen molar-refractivity contribution in [3.05, 3.63) is 90.6 Å². The third-order valence-electron chi connectivity index (χ3n) is 7.02. The molecule has 3 aromatic carbocycles. The van der Waals surface area contributed by atoms with E-state index in [0.29, 0.717) is 0 Å². The van der Waals surface area contributed by atoms with Crippen LogP contribution in [0.4, 0.5) is 11.4 Å². The molecule has 0 unspecified atom stereocenters. The Balaban J connectivity index is 1.73. The van der Waals surface area contributed by atoms with E-state index < -0.39 is 0 Å². The largest absolute Gasteiger partial charge is 0.378 e. The van der Waals surface area contributed by atoms with Gasteiger partial charge in [0, 0.05) is 79.4 Å². The quantitative estimate of drug-likeness (QED) is 0.255. The second-order valence-electron chi connectivity index (χ2n) is 9.73. The fraction of sp³-hybridized carbons (Fsp3) is 0.219. The molecule has 182 valence electrons. The zero-order valence-corrected chi connectivity index (χ0v) is 22.1. The van der Waals surface area contributed by atoms with Crippen molar-refractivity contribution in [2.75, 3.05) is 38.0 Å². The van der Waals surface area contributed by atoms with Gasteiger partial charge in [-0.15, -0.1) is 0 Å². The van der Waals surface area contributed by atoms with E-state index in [2.05, 4.69) is 141 Å². The molecule has 0 aliphatic heterocycles. The van der Waals surface area contributed by atoms with Crippen molar-refractivity contribution < 1.29 is 0 Å². The molecular formula is C32H34N4. The summed E-state index contributed by atoms with van der Waals surface area (Å²) in [5, 5.41) is 1.28. The SMILES string of the molecule is CCn1c(C)c(-c2cc(-c3ccc(N(C)C)cc3)nc(-c3ccc(N(C)C)cc3)c2)c2ccccc21. The highest BCUT2D eigenvalue weighted by Gasteiger charge is 2.17. The Morgan fingerprint density at radius 3 is 1.64 bits per heavy atom. The van der Waals surface area contributed by atoms with Gasteiger partial charge in [-0.2, -0.15) is 0 Å². The Kier molecular flexibility index (Phi) is 6.27. The smallest absolute Gasteiger partial charge is 0.0715 e. The lowest BCUT2D eigenvalue weighted by Gasteiger charge is -2.15. The van der Waals surface area contributed by atoms with Gasteiger partial charge >= 0.3 is 0 Å². The van der Waals surface area contributed by atoms with Crippen molar-refractivity contribution in [1.82, 2.24) is 9.55 Å². The Bertz CT molecular complexity index is 1440. The number of para-hydroxylation sites is 1. The first kappa shape index (κ1) is 23.7. The molecule has 0 spiro atoms. The van der Waals surface area contributed by atoms with Crippen LogP contribution in [0.5, 0.6) is 0 Å². The number of pyridine rings is 1. The second kappa shape index (κ2) is 9.54. The van der Waals surface area contributed by atoms with Gasteiger partial charge in [-0.1, -0.05) is 42.5 Å². The molecule has 0 aliphatic rings. The number of fused-ring (bicyclic) bond motifs is 1. The predicted octanol–water partition coefficient (Wildman–Crippen LogP) is 7.50. The van der Waals surface area contributed by atoms with Crippen LogP contribution in [0.25, 0.3) is 44.5 Å². The molecule has 2 aromatic heterocycles. The van der Waals surface area contributed by atoms with Crippen LogP contribution < -0.4 is 9.80 Å². The topological polar surface area (TPSA) is 24.3 Å². The minimum atomic E-state index is 0.940. The summed E-state index contributed by atoms with van der Waals surface area (Å²) in [6.07, 6.45) is 0. The van der Waals surface area contributed by atoms with Crippen molar-refractivity contribution in [2.24, 2.45) is 0 Å². The van der Waals surface area contributed by atoms with Gasteiger partial charge in [-0.3, -0.25) is 0 Å². The number of aromatic nitrogens is 2. The molecule has 0 aliphatic carbocycles. The van der Waals surface area contributed by atoms with E-state index in [9.17, 15) is 0 Å². The first-order valence-corrected chi connectivity index (χ1v) is 12.5. The second-order valence-corrected chi connectivity index (χ2v) is 9.73. The summed E-state index contributed by atoms with van der Waals surface area (Å²) in [5.41, 5.74) is 11.6. The van der Waals surface area contributed by atoms with E-state index in [-0.39, 0.29) is 0 Å². The van der Waals surface area contributed by atoms with E-state index in [1.165, 1.54) is 39.1 Å². The molecule has 0 radical (unpaired) electrons. The van der Waals surface area contributed by atoms with Crippen LogP contribution in [-0.2, 0) is 6.54 Å². The average Bonchev–Trinajstić information content (AvgIpc) is 3.19. The molecule has 2 heterocycles. The molecule has 4 nitrogen and oxygen atoms in total. The lowest BCUT2D eigenvalue weighted by atomic mass is 9.97. The summed E-state index contributed by atoms with van der Waals surface area (Å²) in [5.74, 6) is 0. The minimum absolute atomic E-state index is 0.940. The lowest BCUT2D eigenvalue weighted by molar-refractivity contribution is 0.771. The van der Waals surface area contributed by atoms with Gasteiger partial charge in [0.1, 0.15) is 0 Å². The minimum Gasteiger partial charge on any atom is -0.378 e. The fourth-order valence-corrected chi connectivity index (χ4v) is 5.03. The number of nitrogens with zero attached hydrogens (tertiary/aromatic N) is 4. The Morgan fingerprint density at radius 1 is 0.667 bits per heavy atom. The average molecular weight is 475 g/mol. The van der Waals surface area contributed by atoms with Crippen molar-refractivity contribution >= 4 is 22.3 Å². The fourth-order valence-electron chi connectivity index (χ4n) is 5.03. The summed E-state index contributed by atoms with van der Waals surface area (Å²) in [7, 11) is 8.26. The molecule has 0 fully saturated rings. The van der Waals surface area contributed by atoms with Crippen LogP contribution >= 0.6 is 0 Å². The molecular weight excluding hydrogens is 440 g/mol. The van der Waals surface area contributed by atoms with Gasteiger partial charge in [0.2, 0.25) is 0 Å². The van der Waals surface area contributed by atoms with Crippen LogP contribution in [-0.4, -0.2) is 37.7 Å². The molecule has 0 amide bonds. The summed E-state index contributed by atoms with van der Waals surface area (Å²) in [6, 6.07) is 30.5. The van der Waals surface area contributed by atoms with Gasteiger partial charge in [0.05, 0.1) is 11.4 Å². The maximum Gasteiger partial charge on any atom is 0.0715 e. The number of benzene rings is 3. The van der Waals surface area contributed by atoms with Crippen molar-refractivity contribution in [1.29, 1.82) is 0 Å². The summed E-state index contributed by atoms with van der Waals surface area (Å²) in [6.45, 7) is 5.39. The van der Waals surface area contributed by atoms with Crippen molar-refractivity contribution in [2.45, 2.75) is 20.4 Å². The molecule has 0 atom stereocenters. The monoisotopic (exact) mass is 474 g/mol. The maximum absolute atomic E-state index is 5.15. The van der Waals surface area contributed by atoms with Crippen molar-refractivity contribution in [3.63, 3.8) is 0 Å². The first-order chi connectivity index (χ1) is 17.4. The normalized spacial score (nSPS) is 11.2. The first-order valence-electron chi connectivity index (χ1n) is 12.5. The number of anilines is 2. The van der Waals surface area contributed by atoms with Crippen LogP contribution in [0.1, 0.15) is 12.6 Å². The van der Waals surface area contributed by atoms with Crippen molar-refractivity contribution in [3.8, 4) is 33.6 Å². The van der Waals surface area contributed by atoms with Crippen LogP contribution in [0.15, 0.2) is 84.9 Å². The van der Waals surface area contributed by atoms with Gasteiger partial charge in [-0.05, 0) is 61.9 Å². The summed E-state index contributed by atoms with van der Waals surface area (Å²) < 4.78 is 2.40. The molecule has 0 saturated carbocycles. The molecule has 0 bridgehead atoms. The highest BCUT2D eigenvalue weighted by Crippen LogP contribution is 2.38. The van der Waals surface area contributed by atoms with E-state index in [1.807, 2.05) is 0 Å². The Hall–Kier alpha value is -4.05. The number of rotatable bonds is 6. The molecule has 5 aromatic rings. The van der Waals surface area contributed by atoms with Gasteiger partial charge < -0.3 is 14.4 Å². The zero-order chi connectivity index (χ0) is 25.4. The zero-order valence-electron chi connectivity index (χ0n) is 22.1. The lowest BCUT2D eigenvalue weighted by Crippen LogP contribution is -2.08. The molecule has 4 heteroatoms. The maximum atomic E-state index is 5.15. The van der Waals surface area contributed by atoms with E-state index in [4.69, 9.17) is 4.98 Å². The summed E-state index contributed by atoms with van der Waals surface area (Å²) in [4.78, 5) is 9.39. The molecule has 5 rings (SSSR count). The van der Waals surface area contributed by atoms with Gasteiger partial charge in [0.25, 0.3) is 0 Å². The standard InChI is InChI=1S/C32H34N4/c1-7-36-22(2)32(28-10-8-9-11-31(28)36)25-20-29(23-12-16-26(17-13-23)34(3)4)33-30(21-25)24-14-18-27(19-15-24)35(5)6/h8-21H,7H2,1-6H3. The third kappa shape index (κ3) is 4.24. The number of hydrogen-bond acceptors (Lipinski definition) is 3. The highest BCUT2D eigenvalue weighted by molar-refractivity contribution is 5.99. The van der Waals surface area contributed by atoms with Crippen LogP contribution in [0.2, 0.25) is 0 Å². The van der Waals surface area contributed by atoms with Gasteiger partial charge in [-0.25, -0.2) is 4.98 Å². The number of aryl methyl sites for hydroxylation is 1. The number of hydrogen-bond donors (Lipinski definition) is 0. The predicted molar refractivity (Wildman–Crippen MR) is 155 cm³/mol. The molecule has 0 N–H and O–H groups in total. The van der Waals surface area contributed by atoms with Gasteiger partial charge in [0.15, 0.2) is 0 Å².